The van der Waals surface area contributed by atoms with Gasteiger partial charge in [-0.05, 0) is 44.9 Å². The molecule has 0 amide bonds. The Kier molecular flexibility index (Phi) is 5.26. The Morgan fingerprint density at radius 2 is 1.82 bits per heavy atom. The molecule has 0 aliphatic carbocycles. The van der Waals surface area contributed by atoms with Gasteiger partial charge in [-0.2, -0.15) is 4.31 Å². The summed E-state index contributed by atoms with van der Waals surface area (Å²) in [4.78, 5) is 20.8. The largest absolute Gasteiger partial charge is 0.480 e. The van der Waals surface area contributed by atoms with Crippen LogP contribution in [0.15, 0.2) is 17.0 Å². The molecule has 0 radical (unpaired) electrons. The molecule has 0 fully saturated rings. The van der Waals surface area contributed by atoms with E-state index in [2.05, 4.69) is 0 Å². The van der Waals surface area contributed by atoms with Crippen LogP contribution in [0.2, 0.25) is 0 Å². The van der Waals surface area contributed by atoms with Crippen molar-refractivity contribution in [1.82, 2.24) is 4.31 Å². The summed E-state index contributed by atoms with van der Waals surface area (Å²) in [6.45, 7) is 5.52. The predicted molar refractivity (Wildman–Crippen MR) is 79.2 cm³/mol. The van der Waals surface area contributed by atoms with Crippen molar-refractivity contribution < 1.29 is 23.2 Å². The van der Waals surface area contributed by atoms with Gasteiger partial charge in [0.05, 0.1) is 4.92 Å². The van der Waals surface area contributed by atoms with Crippen molar-refractivity contribution in [3.8, 4) is 0 Å². The van der Waals surface area contributed by atoms with Gasteiger partial charge in [0.25, 0.3) is 15.7 Å². The van der Waals surface area contributed by atoms with E-state index in [9.17, 15) is 23.3 Å². The molecular formula is C13H18N2O6S. The second-order valence-electron chi connectivity index (χ2n) is 5.20. The topological polar surface area (TPSA) is 118 Å². The molecule has 0 aliphatic rings. The number of aliphatic carboxylic acids is 1. The number of nitrogens with zero attached hydrogens (tertiary/aromatic N) is 2. The highest BCUT2D eigenvalue weighted by atomic mass is 32.2. The van der Waals surface area contributed by atoms with E-state index in [-0.39, 0.29) is 0 Å². The monoisotopic (exact) mass is 330 g/mol. The molecule has 8 nitrogen and oxygen atoms in total. The summed E-state index contributed by atoms with van der Waals surface area (Å²) < 4.78 is 26.0. The Morgan fingerprint density at radius 1 is 1.32 bits per heavy atom. The van der Waals surface area contributed by atoms with Crippen LogP contribution in [0, 0.1) is 24.0 Å². The fourth-order valence-corrected chi connectivity index (χ4v) is 3.74. The number of hydrogen-bond donors (Lipinski definition) is 1. The highest BCUT2D eigenvalue weighted by Gasteiger charge is 2.35. The Labute approximate surface area is 128 Å². The zero-order valence-electron chi connectivity index (χ0n) is 12.7. The first-order valence-electron chi connectivity index (χ1n) is 6.47. The Morgan fingerprint density at radius 3 is 2.23 bits per heavy atom. The van der Waals surface area contributed by atoms with Gasteiger partial charge < -0.3 is 5.11 Å². The first kappa shape index (κ1) is 18.1. The van der Waals surface area contributed by atoms with E-state index < -0.39 is 44.1 Å². The summed E-state index contributed by atoms with van der Waals surface area (Å²) in [5, 5.41) is 20.0. The predicted octanol–water partition coefficient (Wildman–Crippen LogP) is 1.70. The number of hydrogen-bond acceptors (Lipinski definition) is 5. The van der Waals surface area contributed by atoms with Crippen molar-refractivity contribution in [1.29, 1.82) is 0 Å². The standard InChI is InChI=1S/C13H18N2O6S/c1-8(2)14(7-13(16)17)22(20,21)12-6-10(4)9(3)5-11(12)15(18)19/h5-6,8H,7H2,1-4H3,(H,16,17). The molecular weight excluding hydrogens is 312 g/mol. The normalized spacial score (nSPS) is 11.9. The van der Waals surface area contributed by atoms with Crippen LogP contribution in [-0.2, 0) is 14.8 Å². The lowest BCUT2D eigenvalue weighted by molar-refractivity contribution is -0.387. The maximum Gasteiger partial charge on any atom is 0.318 e. The first-order chi connectivity index (χ1) is 9.98. The zero-order valence-corrected chi connectivity index (χ0v) is 13.5. The Balaban J connectivity index is 3.59. The van der Waals surface area contributed by atoms with Crippen molar-refractivity contribution >= 4 is 21.7 Å². The second-order valence-corrected chi connectivity index (χ2v) is 7.06. The van der Waals surface area contributed by atoms with Gasteiger partial charge in [-0.1, -0.05) is 0 Å². The third-order valence-corrected chi connectivity index (χ3v) is 5.28. The molecule has 0 saturated carbocycles. The molecule has 1 rings (SSSR count). The number of aryl methyl sites for hydroxylation is 2. The van der Waals surface area contributed by atoms with E-state index in [0.29, 0.717) is 11.1 Å². The average molecular weight is 330 g/mol. The van der Waals surface area contributed by atoms with Gasteiger partial charge in [-0.15, -0.1) is 0 Å². The lowest BCUT2D eigenvalue weighted by Crippen LogP contribution is -2.40. The summed E-state index contributed by atoms with van der Waals surface area (Å²) in [5.74, 6) is -1.33. The van der Waals surface area contributed by atoms with Gasteiger partial charge in [0.1, 0.15) is 6.54 Å². The second kappa shape index (κ2) is 6.41. The highest BCUT2D eigenvalue weighted by molar-refractivity contribution is 7.89. The quantitative estimate of drug-likeness (QED) is 0.626. The summed E-state index contributed by atoms with van der Waals surface area (Å²) in [7, 11) is -4.30. The maximum absolute atomic E-state index is 12.7. The number of nitro groups is 1. The van der Waals surface area contributed by atoms with Crippen molar-refractivity contribution in [2.24, 2.45) is 0 Å². The van der Waals surface area contributed by atoms with Gasteiger partial charge in [0.15, 0.2) is 4.90 Å². The highest BCUT2D eigenvalue weighted by Crippen LogP contribution is 2.30. The van der Waals surface area contributed by atoms with Gasteiger partial charge in [-0.3, -0.25) is 14.9 Å². The number of nitro benzene ring substituents is 1. The smallest absolute Gasteiger partial charge is 0.318 e. The SMILES string of the molecule is Cc1cc([N+](=O)[O-])c(S(=O)(=O)N(CC(=O)O)C(C)C)cc1C. The van der Waals surface area contributed by atoms with Crippen molar-refractivity contribution in [3.63, 3.8) is 0 Å². The van der Waals surface area contributed by atoms with Crippen LogP contribution >= 0.6 is 0 Å². The van der Waals surface area contributed by atoms with E-state index in [0.717, 1.165) is 4.31 Å². The minimum Gasteiger partial charge on any atom is -0.480 e. The van der Waals surface area contributed by atoms with Crippen molar-refractivity contribution in [2.75, 3.05) is 6.54 Å². The summed E-state index contributed by atoms with van der Waals surface area (Å²) in [6.07, 6.45) is 0. The van der Waals surface area contributed by atoms with E-state index in [4.69, 9.17) is 5.11 Å². The van der Waals surface area contributed by atoms with E-state index in [1.54, 1.807) is 13.8 Å². The lowest BCUT2D eigenvalue weighted by Gasteiger charge is -2.24. The fourth-order valence-electron chi connectivity index (χ4n) is 1.93. The molecule has 22 heavy (non-hydrogen) atoms. The maximum atomic E-state index is 12.7. The molecule has 0 aliphatic heterocycles. The van der Waals surface area contributed by atoms with E-state index in [1.807, 2.05) is 0 Å². The molecule has 0 aromatic heterocycles. The van der Waals surface area contributed by atoms with Crippen LogP contribution in [-0.4, -0.2) is 41.3 Å². The summed E-state index contributed by atoms with van der Waals surface area (Å²) in [6, 6.07) is 1.74. The Hall–Kier alpha value is -2.00. The van der Waals surface area contributed by atoms with Crippen LogP contribution in [0.5, 0.6) is 0 Å². The van der Waals surface area contributed by atoms with E-state index >= 15 is 0 Å². The van der Waals surface area contributed by atoms with Crippen LogP contribution < -0.4 is 0 Å². The lowest BCUT2D eigenvalue weighted by atomic mass is 10.1. The number of sulfonamides is 1. The molecule has 1 aromatic carbocycles. The number of carboxylic acid groups (broad SMARTS) is 1. The molecule has 122 valence electrons. The molecule has 0 unspecified atom stereocenters. The van der Waals surface area contributed by atoms with Gasteiger partial charge >= 0.3 is 5.97 Å². The fraction of sp³-hybridized carbons (Fsp3) is 0.462. The number of carboxylic acids is 1. The van der Waals surface area contributed by atoms with Crippen molar-refractivity contribution in [3.05, 3.63) is 33.4 Å². The molecule has 9 heteroatoms. The van der Waals surface area contributed by atoms with Gasteiger partial charge in [-0.25, -0.2) is 8.42 Å². The zero-order chi connectivity index (χ0) is 17.2. The van der Waals surface area contributed by atoms with Gasteiger partial charge in [0.2, 0.25) is 0 Å². The molecule has 0 heterocycles. The third-order valence-electron chi connectivity index (χ3n) is 3.23. The van der Waals surface area contributed by atoms with Crippen LogP contribution in [0.3, 0.4) is 0 Å². The summed E-state index contributed by atoms with van der Waals surface area (Å²) >= 11 is 0. The third kappa shape index (κ3) is 3.60. The number of rotatable bonds is 6. The molecule has 0 atom stereocenters. The average Bonchev–Trinajstić information content (AvgIpc) is 2.37. The van der Waals surface area contributed by atoms with Crippen molar-refractivity contribution in [2.45, 2.75) is 38.6 Å². The Bertz CT molecular complexity index is 711. The molecule has 0 bridgehead atoms. The molecule has 1 aromatic rings. The first-order valence-corrected chi connectivity index (χ1v) is 7.91. The molecule has 0 spiro atoms. The minimum atomic E-state index is -4.30. The van der Waals surface area contributed by atoms with Crippen LogP contribution in [0.1, 0.15) is 25.0 Å². The minimum absolute atomic E-state index is 0.490. The van der Waals surface area contributed by atoms with Crippen LogP contribution in [0.4, 0.5) is 5.69 Å². The summed E-state index contributed by atoms with van der Waals surface area (Å²) in [5.41, 5.74) is 0.599. The number of benzene rings is 1. The van der Waals surface area contributed by atoms with Crippen LogP contribution in [0.25, 0.3) is 0 Å². The van der Waals surface area contributed by atoms with Gasteiger partial charge in [0, 0.05) is 12.1 Å². The van der Waals surface area contributed by atoms with E-state index in [1.165, 1.54) is 26.0 Å². The number of carbonyl (C=O) groups is 1. The molecule has 0 saturated heterocycles. The molecule has 1 N–H and O–H groups in total.